The summed E-state index contributed by atoms with van der Waals surface area (Å²) in [6.45, 7) is 2.19. The van der Waals surface area contributed by atoms with Gasteiger partial charge >= 0.3 is 0 Å². The van der Waals surface area contributed by atoms with E-state index in [4.69, 9.17) is 4.98 Å². The fraction of sp³-hybridized carbons (Fsp3) is 0.150. The predicted molar refractivity (Wildman–Crippen MR) is 101 cm³/mol. The van der Waals surface area contributed by atoms with Gasteiger partial charge in [0.25, 0.3) is 0 Å². The summed E-state index contributed by atoms with van der Waals surface area (Å²) >= 11 is 1.64. The van der Waals surface area contributed by atoms with Crippen LogP contribution in [0.25, 0.3) is 22.0 Å². The molecule has 0 aliphatic carbocycles. The van der Waals surface area contributed by atoms with Crippen molar-refractivity contribution < 1.29 is 0 Å². The van der Waals surface area contributed by atoms with Crippen molar-refractivity contribution >= 4 is 11.3 Å². The summed E-state index contributed by atoms with van der Waals surface area (Å²) < 4.78 is 2.23. The van der Waals surface area contributed by atoms with Gasteiger partial charge in [-0.25, -0.2) is 9.97 Å². The van der Waals surface area contributed by atoms with Crippen molar-refractivity contribution in [2.24, 2.45) is 0 Å². The van der Waals surface area contributed by atoms with Crippen molar-refractivity contribution in [3.63, 3.8) is 0 Å². The first kappa shape index (κ1) is 15.7. The van der Waals surface area contributed by atoms with E-state index < -0.39 is 0 Å². The van der Waals surface area contributed by atoms with Gasteiger partial charge in [-0.1, -0.05) is 43.3 Å². The number of pyridine rings is 1. The standard InChI is InChI=1S/C20H18N4S/c1-2-17(16-9-6-10-21-13-16)24-14-23-18(15-7-4-3-5-8-15)19(24)20-22-11-12-25-20/h3-14,17H,2H2,1H3. The highest BCUT2D eigenvalue weighted by atomic mass is 32.1. The van der Waals surface area contributed by atoms with Crippen LogP contribution < -0.4 is 0 Å². The molecule has 4 aromatic rings. The number of aromatic nitrogens is 4. The van der Waals surface area contributed by atoms with E-state index in [2.05, 4.69) is 39.7 Å². The molecule has 0 radical (unpaired) electrons. The van der Waals surface area contributed by atoms with E-state index in [-0.39, 0.29) is 6.04 Å². The van der Waals surface area contributed by atoms with Gasteiger partial charge in [0.2, 0.25) is 0 Å². The molecule has 0 saturated carbocycles. The van der Waals surface area contributed by atoms with Crippen molar-refractivity contribution in [1.82, 2.24) is 19.5 Å². The Hall–Kier alpha value is -2.79. The first-order valence-electron chi connectivity index (χ1n) is 8.30. The van der Waals surface area contributed by atoms with Gasteiger partial charge in [0.15, 0.2) is 0 Å². The van der Waals surface area contributed by atoms with Gasteiger partial charge in [-0.3, -0.25) is 4.98 Å². The first-order valence-corrected chi connectivity index (χ1v) is 9.18. The van der Waals surface area contributed by atoms with Gasteiger partial charge in [-0.05, 0) is 18.1 Å². The normalized spacial score (nSPS) is 12.2. The Morgan fingerprint density at radius 3 is 2.60 bits per heavy atom. The zero-order valence-electron chi connectivity index (χ0n) is 13.9. The quantitative estimate of drug-likeness (QED) is 0.507. The lowest BCUT2D eigenvalue weighted by atomic mass is 10.1. The highest BCUT2D eigenvalue weighted by Crippen LogP contribution is 2.36. The molecule has 124 valence electrons. The number of rotatable bonds is 5. The molecular weight excluding hydrogens is 328 g/mol. The van der Waals surface area contributed by atoms with Crippen LogP contribution >= 0.6 is 11.3 Å². The minimum atomic E-state index is 0.178. The molecule has 3 heterocycles. The Morgan fingerprint density at radius 1 is 1.04 bits per heavy atom. The highest BCUT2D eigenvalue weighted by Gasteiger charge is 2.22. The van der Waals surface area contributed by atoms with Crippen LogP contribution in [0, 0.1) is 0 Å². The second-order valence-corrected chi connectivity index (χ2v) is 6.66. The van der Waals surface area contributed by atoms with Crippen LogP contribution in [0.2, 0.25) is 0 Å². The summed E-state index contributed by atoms with van der Waals surface area (Å²) in [7, 11) is 0. The second kappa shape index (κ2) is 6.99. The maximum atomic E-state index is 4.75. The number of benzene rings is 1. The molecule has 4 nitrogen and oxygen atoms in total. The highest BCUT2D eigenvalue weighted by molar-refractivity contribution is 7.13. The van der Waals surface area contributed by atoms with Crippen molar-refractivity contribution in [3.05, 3.63) is 78.3 Å². The average Bonchev–Trinajstić information content (AvgIpc) is 3.34. The van der Waals surface area contributed by atoms with E-state index in [0.29, 0.717) is 0 Å². The topological polar surface area (TPSA) is 43.6 Å². The van der Waals surface area contributed by atoms with Crippen molar-refractivity contribution in [3.8, 4) is 22.0 Å². The van der Waals surface area contributed by atoms with Crippen molar-refractivity contribution in [1.29, 1.82) is 0 Å². The summed E-state index contributed by atoms with van der Waals surface area (Å²) in [6, 6.07) is 14.6. The molecule has 0 N–H and O–H groups in total. The summed E-state index contributed by atoms with van der Waals surface area (Å²) in [5.41, 5.74) is 4.32. The fourth-order valence-corrected chi connectivity index (χ4v) is 3.81. The number of hydrogen-bond donors (Lipinski definition) is 0. The lowest BCUT2D eigenvalue weighted by Crippen LogP contribution is -2.10. The smallest absolute Gasteiger partial charge is 0.142 e. The number of hydrogen-bond acceptors (Lipinski definition) is 4. The zero-order chi connectivity index (χ0) is 17.1. The molecule has 4 rings (SSSR count). The van der Waals surface area contributed by atoms with Crippen LogP contribution in [0.5, 0.6) is 0 Å². The molecule has 5 heteroatoms. The largest absolute Gasteiger partial charge is 0.320 e. The van der Waals surface area contributed by atoms with Gasteiger partial charge in [-0.15, -0.1) is 11.3 Å². The van der Waals surface area contributed by atoms with Crippen LogP contribution in [-0.4, -0.2) is 19.5 Å². The monoisotopic (exact) mass is 346 g/mol. The Labute approximate surface area is 150 Å². The van der Waals surface area contributed by atoms with Gasteiger partial charge in [0.05, 0.1) is 18.1 Å². The van der Waals surface area contributed by atoms with E-state index in [1.54, 1.807) is 17.5 Å². The maximum absolute atomic E-state index is 4.75. The molecule has 1 atom stereocenters. The van der Waals surface area contributed by atoms with Crippen molar-refractivity contribution in [2.75, 3.05) is 0 Å². The molecule has 0 aliphatic rings. The summed E-state index contributed by atoms with van der Waals surface area (Å²) in [4.78, 5) is 13.6. The van der Waals surface area contributed by atoms with E-state index in [0.717, 1.165) is 28.4 Å². The first-order chi connectivity index (χ1) is 12.4. The Bertz CT molecular complexity index is 931. The summed E-state index contributed by atoms with van der Waals surface area (Å²) in [5.74, 6) is 0. The third-order valence-corrected chi connectivity index (χ3v) is 5.05. The van der Waals surface area contributed by atoms with Crippen LogP contribution in [0.15, 0.2) is 72.8 Å². The third kappa shape index (κ3) is 2.98. The van der Waals surface area contributed by atoms with Gasteiger partial charge in [0, 0.05) is 29.5 Å². The fourth-order valence-electron chi connectivity index (χ4n) is 3.12. The maximum Gasteiger partial charge on any atom is 0.142 e. The average molecular weight is 346 g/mol. The molecule has 1 unspecified atom stereocenters. The van der Waals surface area contributed by atoms with Crippen LogP contribution in [-0.2, 0) is 0 Å². The van der Waals surface area contributed by atoms with E-state index in [1.165, 1.54) is 5.56 Å². The number of thiazole rings is 1. The zero-order valence-corrected chi connectivity index (χ0v) is 14.7. The minimum absolute atomic E-state index is 0.178. The molecule has 0 bridgehead atoms. The van der Waals surface area contributed by atoms with Crippen LogP contribution in [0.4, 0.5) is 0 Å². The molecule has 0 aliphatic heterocycles. The SMILES string of the molecule is CCC(c1cccnc1)n1cnc(-c2ccccc2)c1-c1nccs1. The predicted octanol–water partition coefficient (Wildman–Crippen LogP) is 5.07. The van der Waals surface area contributed by atoms with Crippen molar-refractivity contribution in [2.45, 2.75) is 19.4 Å². The lowest BCUT2D eigenvalue weighted by Gasteiger charge is -2.19. The van der Waals surface area contributed by atoms with E-state index >= 15 is 0 Å². The summed E-state index contributed by atoms with van der Waals surface area (Å²) in [6.07, 6.45) is 8.47. The molecular formula is C20H18N4S. The van der Waals surface area contributed by atoms with E-state index in [1.807, 2.05) is 48.4 Å². The van der Waals surface area contributed by atoms with Gasteiger partial charge < -0.3 is 4.57 Å². The molecule has 0 fully saturated rings. The lowest BCUT2D eigenvalue weighted by molar-refractivity contribution is 0.569. The van der Waals surface area contributed by atoms with Gasteiger partial charge in [0.1, 0.15) is 10.7 Å². The molecule has 1 aromatic carbocycles. The van der Waals surface area contributed by atoms with Crippen LogP contribution in [0.1, 0.15) is 24.9 Å². The molecule has 0 spiro atoms. The summed E-state index contributed by atoms with van der Waals surface area (Å²) in [5, 5.41) is 2.99. The number of imidazole rings is 1. The van der Waals surface area contributed by atoms with E-state index in [9.17, 15) is 0 Å². The number of nitrogens with zero attached hydrogens (tertiary/aromatic N) is 4. The Balaban J connectivity index is 1.90. The Morgan fingerprint density at radius 2 is 1.92 bits per heavy atom. The second-order valence-electron chi connectivity index (χ2n) is 5.76. The Kier molecular flexibility index (Phi) is 4.39. The third-order valence-electron chi connectivity index (χ3n) is 4.27. The molecule has 0 saturated heterocycles. The molecule has 0 amide bonds. The van der Waals surface area contributed by atoms with Crippen LogP contribution in [0.3, 0.4) is 0 Å². The minimum Gasteiger partial charge on any atom is -0.320 e. The molecule has 3 aromatic heterocycles. The molecule has 25 heavy (non-hydrogen) atoms. The van der Waals surface area contributed by atoms with Gasteiger partial charge in [-0.2, -0.15) is 0 Å².